The molecule has 2 rings (SSSR count). The summed E-state index contributed by atoms with van der Waals surface area (Å²) in [4.78, 5) is 4.63. The standard InChI is InChI=1S/C18H26N2/c1-13-12-15(14-8-6-7-9-17(14)20-13)16(19-5)10-11-18(2,3)4/h6-9,12,16,19H,10-11H2,1-5H3. The maximum Gasteiger partial charge on any atom is 0.0708 e. The lowest BCUT2D eigenvalue weighted by Gasteiger charge is -2.24. The van der Waals surface area contributed by atoms with Gasteiger partial charge in [0.05, 0.1) is 5.52 Å². The van der Waals surface area contributed by atoms with E-state index < -0.39 is 0 Å². The molecule has 1 N–H and O–H groups in total. The zero-order valence-electron chi connectivity index (χ0n) is 13.3. The van der Waals surface area contributed by atoms with Gasteiger partial charge in [-0.2, -0.15) is 0 Å². The number of hydrogen-bond acceptors (Lipinski definition) is 2. The minimum absolute atomic E-state index is 0.368. The predicted molar refractivity (Wildman–Crippen MR) is 87.0 cm³/mol. The van der Waals surface area contributed by atoms with Crippen molar-refractivity contribution in [1.29, 1.82) is 0 Å². The molecular weight excluding hydrogens is 244 g/mol. The first-order chi connectivity index (χ1) is 9.40. The summed E-state index contributed by atoms with van der Waals surface area (Å²) in [5.41, 5.74) is 3.93. The van der Waals surface area contributed by atoms with Crippen molar-refractivity contribution in [1.82, 2.24) is 10.3 Å². The van der Waals surface area contributed by atoms with Crippen molar-refractivity contribution in [2.24, 2.45) is 5.41 Å². The van der Waals surface area contributed by atoms with Gasteiger partial charge in [0, 0.05) is 17.1 Å². The maximum absolute atomic E-state index is 4.63. The third-order valence-corrected chi connectivity index (χ3v) is 3.78. The monoisotopic (exact) mass is 270 g/mol. The largest absolute Gasteiger partial charge is 0.313 e. The molecule has 108 valence electrons. The third kappa shape index (κ3) is 3.57. The lowest BCUT2D eigenvalue weighted by Crippen LogP contribution is -2.19. The van der Waals surface area contributed by atoms with Gasteiger partial charge in [-0.05, 0) is 49.9 Å². The second-order valence-corrected chi connectivity index (χ2v) is 6.81. The summed E-state index contributed by atoms with van der Waals surface area (Å²) in [6, 6.07) is 11.1. The lowest BCUT2D eigenvalue weighted by atomic mass is 9.86. The van der Waals surface area contributed by atoms with Crippen LogP contribution in [0.15, 0.2) is 30.3 Å². The molecule has 1 atom stereocenters. The van der Waals surface area contributed by atoms with Gasteiger partial charge in [0.1, 0.15) is 0 Å². The number of pyridine rings is 1. The molecule has 0 aliphatic carbocycles. The van der Waals surface area contributed by atoms with Crippen LogP contribution in [0.4, 0.5) is 0 Å². The number of para-hydroxylation sites is 1. The Morgan fingerprint density at radius 1 is 1.20 bits per heavy atom. The molecule has 0 fully saturated rings. The van der Waals surface area contributed by atoms with E-state index in [9.17, 15) is 0 Å². The van der Waals surface area contributed by atoms with E-state index in [0.717, 1.165) is 17.6 Å². The summed E-state index contributed by atoms with van der Waals surface area (Å²) in [6.07, 6.45) is 2.35. The van der Waals surface area contributed by atoms with Crippen LogP contribution in [-0.2, 0) is 0 Å². The first-order valence-corrected chi connectivity index (χ1v) is 7.44. The van der Waals surface area contributed by atoms with E-state index in [0.29, 0.717) is 11.5 Å². The molecule has 1 aromatic heterocycles. The van der Waals surface area contributed by atoms with Crippen LogP contribution in [0.5, 0.6) is 0 Å². The minimum atomic E-state index is 0.368. The molecule has 2 heteroatoms. The SMILES string of the molecule is CNC(CCC(C)(C)C)c1cc(C)nc2ccccc12. The van der Waals surface area contributed by atoms with Crippen LogP contribution in [0.3, 0.4) is 0 Å². The second-order valence-electron chi connectivity index (χ2n) is 6.81. The minimum Gasteiger partial charge on any atom is -0.313 e. The molecule has 1 heterocycles. The number of aromatic nitrogens is 1. The number of aryl methyl sites for hydroxylation is 1. The van der Waals surface area contributed by atoms with Crippen LogP contribution < -0.4 is 5.32 Å². The van der Waals surface area contributed by atoms with E-state index in [1.165, 1.54) is 17.4 Å². The summed E-state index contributed by atoms with van der Waals surface area (Å²) in [6.45, 7) is 8.98. The fourth-order valence-electron chi connectivity index (χ4n) is 2.66. The average molecular weight is 270 g/mol. The Morgan fingerprint density at radius 2 is 1.90 bits per heavy atom. The third-order valence-electron chi connectivity index (χ3n) is 3.78. The van der Waals surface area contributed by atoms with Gasteiger partial charge in [0.15, 0.2) is 0 Å². The van der Waals surface area contributed by atoms with E-state index in [1.54, 1.807) is 0 Å². The molecule has 20 heavy (non-hydrogen) atoms. The summed E-state index contributed by atoms with van der Waals surface area (Å²) < 4.78 is 0. The van der Waals surface area contributed by atoms with Gasteiger partial charge in [0.25, 0.3) is 0 Å². The van der Waals surface area contributed by atoms with Gasteiger partial charge in [0.2, 0.25) is 0 Å². The van der Waals surface area contributed by atoms with Gasteiger partial charge in [-0.1, -0.05) is 39.0 Å². The fourth-order valence-corrected chi connectivity index (χ4v) is 2.66. The van der Waals surface area contributed by atoms with Gasteiger partial charge < -0.3 is 5.32 Å². The number of fused-ring (bicyclic) bond motifs is 1. The van der Waals surface area contributed by atoms with Crippen molar-refractivity contribution in [2.45, 2.75) is 46.6 Å². The molecule has 0 saturated heterocycles. The van der Waals surface area contributed by atoms with Gasteiger partial charge in [-0.25, -0.2) is 0 Å². The Hall–Kier alpha value is -1.41. The molecular formula is C18H26N2. The maximum atomic E-state index is 4.63. The fraction of sp³-hybridized carbons (Fsp3) is 0.500. The van der Waals surface area contributed by atoms with Crippen LogP contribution in [0.1, 0.15) is 50.9 Å². The molecule has 0 amide bonds. The number of rotatable bonds is 4. The molecule has 0 aliphatic heterocycles. The van der Waals surface area contributed by atoms with Crippen LogP contribution in [0.25, 0.3) is 10.9 Å². The zero-order chi connectivity index (χ0) is 14.8. The van der Waals surface area contributed by atoms with Gasteiger partial charge in [-0.3, -0.25) is 4.98 Å². The second kappa shape index (κ2) is 5.92. The first-order valence-electron chi connectivity index (χ1n) is 7.44. The Labute approximate surface area is 122 Å². The molecule has 2 nitrogen and oxygen atoms in total. The van der Waals surface area contributed by atoms with Crippen molar-refractivity contribution in [2.75, 3.05) is 7.05 Å². The Morgan fingerprint density at radius 3 is 2.55 bits per heavy atom. The van der Waals surface area contributed by atoms with Crippen LogP contribution in [0.2, 0.25) is 0 Å². The summed E-state index contributed by atoms with van der Waals surface area (Å²) in [7, 11) is 2.05. The molecule has 1 unspecified atom stereocenters. The summed E-state index contributed by atoms with van der Waals surface area (Å²) >= 11 is 0. The molecule has 1 aromatic carbocycles. The van der Waals surface area contributed by atoms with Crippen molar-refractivity contribution in [3.8, 4) is 0 Å². The van der Waals surface area contributed by atoms with Gasteiger partial charge >= 0.3 is 0 Å². The molecule has 0 spiro atoms. The van der Waals surface area contributed by atoms with E-state index in [-0.39, 0.29) is 0 Å². The molecule has 0 bridgehead atoms. The first kappa shape index (κ1) is 15.0. The zero-order valence-corrected chi connectivity index (χ0v) is 13.3. The highest BCUT2D eigenvalue weighted by Crippen LogP contribution is 2.31. The van der Waals surface area contributed by atoms with Crippen LogP contribution in [-0.4, -0.2) is 12.0 Å². The average Bonchev–Trinajstić information content (AvgIpc) is 2.37. The van der Waals surface area contributed by atoms with E-state index in [1.807, 2.05) is 0 Å². The molecule has 0 saturated carbocycles. The number of nitrogens with zero attached hydrogens (tertiary/aromatic N) is 1. The van der Waals surface area contributed by atoms with Crippen LogP contribution >= 0.6 is 0 Å². The topological polar surface area (TPSA) is 24.9 Å². The predicted octanol–water partition coefficient (Wildman–Crippen LogP) is 4.63. The Bertz CT molecular complexity index is 581. The summed E-state index contributed by atoms with van der Waals surface area (Å²) in [5.74, 6) is 0. The number of nitrogens with one attached hydrogen (secondary N) is 1. The molecule has 0 aliphatic rings. The van der Waals surface area contributed by atoms with Gasteiger partial charge in [-0.15, -0.1) is 0 Å². The number of hydrogen-bond donors (Lipinski definition) is 1. The van der Waals surface area contributed by atoms with Crippen molar-refractivity contribution < 1.29 is 0 Å². The molecule has 0 radical (unpaired) electrons. The van der Waals surface area contributed by atoms with Crippen LogP contribution in [0, 0.1) is 12.3 Å². The van der Waals surface area contributed by atoms with E-state index in [2.05, 4.69) is 75.4 Å². The summed E-state index contributed by atoms with van der Waals surface area (Å²) in [5, 5.41) is 4.75. The van der Waals surface area contributed by atoms with E-state index >= 15 is 0 Å². The highest BCUT2D eigenvalue weighted by atomic mass is 14.9. The Balaban J connectivity index is 2.38. The highest BCUT2D eigenvalue weighted by molar-refractivity contribution is 5.82. The highest BCUT2D eigenvalue weighted by Gasteiger charge is 2.18. The van der Waals surface area contributed by atoms with E-state index in [4.69, 9.17) is 0 Å². The quantitative estimate of drug-likeness (QED) is 0.876. The number of benzene rings is 1. The Kier molecular flexibility index (Phi) is 4.44. The normalized spacial score (nSPS) is 13.7. The van der Waals surface area contributed by atoms with Crippen molar-refractivity contribution >= 4 is 10.9 Å². The molecule has 2 aromatic rings. The smallest absolute Gasteiger partial charge is 0.0708 e. The lowest BCUT2D eigenvalue weighted by molar-refractivity contribution is 0.338. The van der Waals surface area contributed by atoms with Crippen molar-refractivity contribution in [3.63, 3.8) is 0 Å². The van der Waals surface area contributed by atoms with Crippen molar-refractivity contribution in [3.05, 3.63) is 41.6 Å².